The first kappa shape index (κ1) is 20.0. The number of unbranched alkanes of at least 4 members (excludes halogenated alkanes) is 2. The van der Waals surface area contributed by atoms with Crippen LogP contribution in [-0.4, -0.2) is 42.1 Å². The van der Waals surface area contributed by atoms with Gasteiger partial charge in [0.2, 0.25) is 12.7 Å². The van der Waals surface area contributed by atoms with Crippen LogP contribution in [-0.2, 0) is 15.1 Å². The molecule has 0 aromatic heterocycles. The quantitative estimate of drug-likeness (QED) is 0.525. The fraction of sp³-hybridized carbons (Fsp3) is 0.550. The fourth-order valence-corrected chi connectivity index (χ4v) is 3.48. The van der Waals surface area contributed by atoms with Gasteiger partial charge in [0.15, 0.2) is 11.5 Å². The van der Waals surface area contributed by atoms with Gasteiger partial charge in [-0.2, -0.15) is 0 Å². The Morgan fingerprint density at radius 3 is 2.79 bits per heavy atom. The van der Waals surface area contributed by atoms with E-state index in [-0.39, 0.29) is 25.3 Å². The summed E-state index contributed by atoms with van der Waals surface area (Å²) in [6.07, 6.45) is 4.13. The van der Waals surface area contributed by atoms with Gasteiger partial charge in [-0.1, -0.05) is 32.3 Å². The van der Waals surface area contributed by atoms with E-state index < -0.39 is 17.5 Å². The van der Waals surface area contributed by atoms with Crippen molar-refractivity contribution in [3.63, 3.8) is 0 Å². The summed E-state index contributed by atoms with van der Waals surface area (Å²) in [6, 6.07) is 4.51. The highest BCUT2D eigenvalue weighted by atomic mass is 16.7. The van der Waals surface area contributed by atoms with Crippen LogP contribution in [0.25, 0.3) is 0 Å². The fourth-order valence-electron chi connectivity index (χ4n) is 3.48. The number of nitrogens with one attached hydrogen (secondary N) is 2. The van der Waals surface area contributed by atoms with Gasteiger partial charge in [-0.15, -0.1) is 0 Å². The van der Waals surface area contributed by atoms with Gasteiger partial charge in [0.05, 0.1) is 0 Å². The standard InChI is InChI=1S/C20H27N3O5/c1-4-5-6-7-13(2)21-17(24)11-23-18(25)20(3,22-19(23)26)14-8-9-15-16(10-14)28-12-27-15/h8-10,13H,4-7,11-12H2,1-3H3,(H,21,24)(H,22,26)/t13-,20-/m1/s1. The summed E-state index contributed by atoms with van der Waals surface area (Å²) < 4.78 is 10.6. The van der Waals surface area contributed by atoms with Crippen molar-refractivity contribution in [3.05, 3.63) is 23.8 Å². The number of imide groups is 1. The predicted octanol–water partition coefficient (Wildman–Crippen LogP) is 2.27. The molecule has 4 amide bonds. The average Bonchev–Trinajstić information content (AvgIpc) is 3.20. The predicted molar refractivity (Wildman–Crippen MR) is 102 cm³/mol. The molecule has 1 aromatic rings. The molecule has 2 aliphatic rings. The van der Waals surface area contributed by atoms with Gasteiger partial charge in [0.1, 0.15) is 12.1 Å². The van der Waals surface area contributed by atoms with Crippen LogP contribution in [0.15, 0.2) is 18.2 Å². The molecular formula is C20H27N3O5. The number of benzene rings is 1. The van der Waals surface area contributed by atoms with Gasteiger partial charge in [-0.25, -0.2) is 4.79 Å². The zero-order chi connectivity index (χ0) is 20.3. The summed E-state index contributed by atoms with van der Waals surface area (Å²) in [7, 11) is 0. The largest absolute Gasteiger partial charge is 0.454 e. The third-order valence-electron chi connectivity index (χ3n) is 5.17. The van der Waals surface area contributed by atoms with Crippen LogP contribution in [0.1, 0.15) is 52.0 Å². The second kappa shape index (κ2) is 8.08. The summed E-state index contributed by atoms with van der Waals surface area (Å²) >= 11 is 0. The van der Waals surface area contributed by atoms with Crippen molar-refractivity contribution in [3.8, 4) is 11.5 Å². The SMILES string of the molecule is CCCCC[C@@H](C)NC(=O)CN1C(=O)N[C@](C)(c2ccc3c(c2)OCO3)C1=O. The van der Waals surface area contributed by atoms with Crippen LogP contribution in [0.4, 0.5) is 4.79 Å². The van der Waals surface area contributed by atoms with Crippen molar-refractivity contribution in [2.45, 2.75) is 58.0 Å². The van der Waals surface area contributed by atoms with Gasteiger partial charge in [-0.3, -0.25) is 14.5 Å². The first-order chi connectivity index (χ1) is 13.3. The van der Waals surface area contributed by atoms with E-state index in [1.807, 2.05) is 6.92 Å². The van der Waals surface area contributed by atoms with Crippen LogP contribution < -0.4 is 20.1 Å². The third-order valence-corrected chi connectivity index (χ3v) is 5.17. The Morgan fingerprint density at radius 1 is 1.29 bits per heavy atom. The molecule has 0 spiro atoms. The molecule has 2 atom stereocenters. The summed E-state index contributed by atoms with van der Waals surface area (Å²) in [5.41, 5.74) is -0.684. The van der Waals surface area contributed by atoms with E-state index in [1.165, 1.54) is 0 Å². The van der Waals surface area contributed by atoms with Gasteiger partial charge >= 0.3 is 6.03 Å². The first-order valence-electron chi connectivity index (χ1n) is 9.68. The van der Waals surface area contributed by atoms with Crippen LogP contribution in [0.2, 0.25) is 0 Å². The number of carbonyl (C=O) groups excluding carboxylic acids is 3. The van der Waals surface area contributed by atoms with E-state index in [0.717, 1.165) is 30.6 Å². The van der Waals surface area contributed by atoms with E-state index in [0.29, 0.717) is 17.1 Å². The van der Waals surface area contributed by atoms with Crippen LogP contribution in [0.5, 0.6) is 11.5 Å². The number of urea groups is 1. The lowest BCUT2D eigenvalue weighted by Gasteiger charge is -2.22. The highest BCUT2D eigenvalue weighted by molar-refractivity contribution is 6.09. The molecule has 3 rings (SSSR count). The Hall–Kier alpha value is -2.77. The molecule has 1 saturated heterocycles. The maximum atomic E-state index is 13.0. The lowest BCUT2D eigenvalue weighted by molar-refractivity contribution is -0.135. The molecule has 0 aliphatic carbocycles. The number of hydrogen-bond donors (Lipinski definition) is 2. The average molecular weight is 389 g/mol. The molecule has 2 aliphatic heterocycles. The molecule has 28 heavy (non-hydrogen) atoms. The molecule has 0 radical (unpaired) electrons. The van der Waals surface area contributed by atoms with Gasteiger partial charge < -0.3 is 20.1 Å². The number of amides is 4. The monoisotopic (exact) mass is 389 g/mol. The summed E-state index contributed by atoms with van der Waals surface area (Å²) in [5.74, 6) is 0.308. The maximum Gasteiger partial charge on any atom is 0.325 e. The maximum absolute atomic E-state index is 13.0. The van der Waals surface area contributed by atoms with E-state index in [4.69, 9.17) is 9.47 Å². The minimum Gasteiger partial charge on any atom is -0.454 e. The minimum atomic E-state index is -1.26. The Bertz CT molecular complexity index is 781. The number of nitrogens with zero attached hydrogens (tertiary/aromatic N) is 1. The molecule has 1 fully saturated rings. The van der Waals surface area contributed by atoms with Crippen molar-refractivity contribution in [1.82, 2.24) is 15.5 Å². The molecule has 0 saturated carbocycles. The normalized spacial score (nSPS) is 21.6. The topological polar surface area (TPSA) is 97.0 Å². The molecule has 2 heterocycles. The molecular weight excluding hydrogens is 362 g/mol. The van der Waals surface area contributed by atoms with Gasteiger partial charge in [0.25, 0.3) is 5.91 Å². The van der Waals surface area contributed by atoms with Crippen LogP contribution in [0, 0.1) is 0 Å². The molecule has 0 bridgehead atoms. The lowest BCUT2D eigenvalue weighted by Crippen LogP contribution is -2.45. The highest BCUT2D eigenvalue weighted by Gasteiger charge is 2.49. The second-order valence-electron chi connectivity index (χ2n) is 7.48. The van der Waals surface area contributed by atoms with Crippen molar-refractivity contribution in [2.75, 3.05) is 13.3 Å². The Labute approximate surface area is 164 Å². The first-order valence-corrected chi connectivity index (χ1v) is 9.68. The Kier molecular flexibility index (Phi) is 5.76. The minimum absolute atomic E-state index is 0.0000553. The number of ether oxygens (including phenoxy) is 2. The van der Waals surface area contributed by atoms with Crippen molar-refractivity contribution in [1.29, 1.82) is 0 Å². The van der Waals surface area contributed by atoms with Crippen molar-refractivity contribution >= 4 is 17.8 Å². The van der Waals surface area contributed by atoms with E-state index in [1.54, 1.807) is 25.1 Å². The van der Waals surface area contributed by atoms with E-state index in [9.17, 15) is 14.4 Å². The van der Waals surface area contributed by atoms with Crippen LogP contribution in [0.3, 0.4) is 0 Å². The van der Waals surface area contributed by atoms with E-state index in [2.05, 4.69) is 17.6 Å². The summed E-state index contributed by atoms with van der Waals surface area (Å²) in [6.45, 7) is 5.49. The van der Waals surface area contributed by atoms with Gasteiger partial charge in [-0.05, 0) is 38.0 Å². The molecule has 2 N–H and O–H groups in total. The second-order valence-corrected chi connectivity index (χ2v) is 7.48. The summed E-state index contributed by atoms with van der Waals surface area (Å²) in [4.78, 5) is 38.6. The van der Waals surface area contributed by atoms with Crippen LogP contribution >= 0.6 is 0 Å². The number of fused-ring (bicyclic) bond motifs is 1. The van der Waals surface area contributed by atoms with Crippen molar-refractivity contribution in [2.24, 2.45) is 0 Å². The molecule has 8 heteroatoms. The van der Waals surface area contributed by atoms with Gasteiger partial charge in [0, 0.05) is 6.04 Å². The summed E-state index contributed by atoms with van der Waals surface area (Å²) in [5, 5.41) is 5.56. The van der Waals surface area contributed by atoms with Crippen molar-refractivity contribution < 1.29 is 23.9 Å². The highest BCUT2D eigenvalue weighted by Crippen LogP contribution is 2.37. The number of rotatable bonds is 8. The molecule has 1 aromatic carbocycles. The molecule has 0 unspecified atom stereocenters. The molecule has 8 nitrogen and oxygen atoms in total. The lowest BCUT2D eigenvalue weighted by atomic mass is 9.91. The number of hydrogen-bond acceptors (Lipinski definition) is 5. The zero-order valence-corrected chi connectivity index (χ0v) is 16.5. The molecule has 152 valence electrons. The zero-order valence-electron chi connectivity index (χ0n) is 16.5. The van der Waals surface area contributed by atoms with E-state index >= 15 is 0 Å². The Balaban J connectivity index is 1.65. The third kappa shape index (κ3) is 3.90. The smallest absolute Gasteiger partial charge is 0.325 e. The number of carbonyl (C=O) groups is 3. The Morgan fingerprint density at radius 2 is 2.04 bits per heavy atom.